The van der Waals surface area contributed by atoms with E-state index in [9.17, 15) is 0 Å². The molecule has 7 aromatic rings. The van der Waals surface area contributed by atoms with E-state index in [0.29, 0.717) is 11.5 Å². The number of ether oxygens (including phenoxy) is 1. The SMILES string of the molecule is CC(C)(C)C1=CN(c2[c-]c(Oc3[c-]c4c(c(C(C)(C)C)c3)c3ccccc3n4-c3cc(C(C)(C)c4ccccc4)ccn3)ccc2)[CH-]N1c1cc(C(C)(C)C)cc(C(C)(C)C)c1.[Pt]. The molecular formula is C57H63N4OPt-3. The number of para-hydroxylation sites is 1. The molecule has 2 aromatic heterocycles. The van der Waals surface area contributed by atoms with Crippen LogP contribution in [-0.2, 0) is 42.7 Å². The Labute approximate surface area is 391 Å². The molecule has 0 saturated heterocycles. The van der Waals surface area contributed by atoms with E-state index >= 15 is 0 Å². The van der Waals surface area contributed by atoms with Crippen molar-refractivity contribution in [3.05, 3.63) is 174 Å². The molecule has 0 atom stereocenters. The average Bonchev–Trinajstić information content (AvgIpc) is 3.81. The quantitative estimate of drug-likeness (QED) is 0.149. The Hall–Kier alpha value is -5.12. The molecule has 0 amide bonds. The zero-order valence-corrected chi connectivity index (χ0v) is 41.9. The molecule has 1 aliphatic rings. The molecule has 8 rings (SSSR count). The van der Waals surface area contributed by atoms with Crippen LogP contribution in [0.2, 0.25) is 0 Å². The van der Waals surface area contributed by atoms with Gasteiger partial charge in [-0.25, -0.2) is 4.98 Å². The average molecular weight is 1020 g/mol. The van der Waals surface area contributed by atoms with E-state index in [0.717, 1.165) is 39.0 Å². The van der Waals surface area contributed by atoms with Crippen molar-refractivity contribution in [1.29, 1.82) is 0 Å². The molecule has 0 aliphatic carbocycles. The van der Waals surface area contributed by atoms with Gasteiger partial charge in [-0.2, -0.15) is 6.07 Å². The third-order valence-electron chi connectivity index (χ3n) is 12.4. The van der Waals surface area contributed by atoms with Crippen LogP contribution in [0.25, 0.3) is 27.6 Å². The number of fused-ring (bicyclic) bond motifs is 3. The van der Waals surface area contributed by atoms with E-state index in [1.54, 1.807) is 0 Å². The maximum atomic E-state index is 6.84. The van der Waals surface area contributed by atoms with Gasteiger partial charge >= 0.3 is 0 Å². The summed E-state index contributed by atoms with van der Waals surface area (Å²) >= 11 is 0. The van der Waals surface area contributed by atoms with Gasteiger partial charge in [0.15, 0.2) is 0 Å². The molecule has 0 radical (unpaired) electrons. The van der Waals surface area contributed by atoms with Crippen LogP contribution in [-0.4, -0.2) is 9.55 Å². The molecule has 0 fully saturated rings. The Bertz CT molecular complexity index is 2790. The Kier molecular flexibility index (Phi) is 12.0. The molecule has 0 bridgehead atoms. The summed E-state index contributed by atoms with van der Waals surface area (Å²) in [5.74, 6) is 2.10. The fourth-order valence-corrected chi connectivity index (χ4v) is 8.51. The number of pyridine rings is 1. The predicted molar refractivity (Wildman–Crippen MR) is 261 cm³/mol. The molecule has 6 heteroatoms. The standard InChI is InChI=1S/C57H63N4O.Pt/c1-53(2,3)40-29-41(54(4,5)6)31-43(30-40)60-37-59(36-50(60)56(10,11)12)42-23-20-24-44(33-42)62-45-34-47(55(7,8)9)52-46-25-18-19-26-48(46)61(49(52)35-45)51-32-39(27-28-58-51)57(13,14)38-21-16-15-17-22-38;/h15-32,34,36-37H,1-14H3;/q-3;. The molecule has 63 heavy (non-hydrogen) atoms. The number of allylic oxidation sites excluding steroid dienone is 1. The number of nitrogens with zero attached hydrogens (tertiary/aromatic N) is 4. The molecule has 5 aromatic carbocycles. The maximum Gasteiger partial charge on any atom is 0.135 e. The second-order valence-electron chi connectivity index (χ2n) is 21.7. The molecule has 0 unspecified atom stereocenters. The zero-order chi connectivity index (χ0) is 44.6. The van der Waals surface area contributed by atoms with Gasteiger partial charge < -0.3 is 19.1 Å². The second kappa shape index (κ2) is 16.5. The minimum Gasteiger partial charge on any atom is -0.509 e. The topological polar surface area (TPSA) is 33.5 Å². The minimum atomic E-state index is -0.231. The third kappa shape index (κ3) is 9.01. The number of anilines is 2. The van der Waals surface area contributed by atoms with Crippen LogP contribution in [0, 0.1) is 24.2 Å². The summed E-state index contributed by atoms with van der Waals surface area (Å²) in [6.07, 6.45) is 4.17. The van der Waals surface area contributed by atoms with Crippen LogP contribution in [0.5, 0.6) is 11.5 Å². The summed E-state index contributed by atoms with van der Waals surface area (Å²) in [6.45, 7) is 34.1. The van der Waals surface area contributed by atoms with Gasteiger partial charge in [0.25, 0.3) is 0 Å². The normalized spacial score (nSPS) is 14.0. The Balaban J connectivity index is 0.00000595. The van der Waals surface area contributed by atoms with Crippen LogP contribution in [0.1, 0.15) is 125 Å². The molecule has 5 nitrogen and oxygen atoms in total. The van der Waals surface area contributed by atoms with Crippen molar-refractivity contribution in [2.45, 2.75) is 119 Å². The van der Waals surface area contributed by atoms with Crippen molar-refractivity contribution in [2.75, 3.05) is 9.80 Å². The van der Waals surface area contributed by atoms with Crippen molar-refractivity contribution < 1.29 is 25.8 Å². The largest absolute Gasteiger partial charge is 0.509 e. The van der Waals surface area contributed by atoms with Gasteiger partial charge in [-0.3, -0.25) is 0 Å². The van der Waals surface area contributed by atoms with Crippen LogP contribution >= 0.6 is 0 Å². The molecule has 0 saturated carbocycles. The van der Waals surface area contributed by atoms with Gasteiger partial charge in [0.2, 0.25) is 0 Å². The third-order valence-corrected chi connectivity index (χ3v) is 12.4. The number of rotatable bonds is 7. The smallest absolute Gasteiger partial charge is 0.135 e. The Morgan fingerprint density at radius 3 is 1.86 bits per heavy atom. The summed E-state index contributed by atoms with van der Waals surface area (Å²) in [5, 5.41) is 2.32. The van der Waals surface area contributed by atoms with Gasteiger partial charge in [0, 0.05) is 66.5 Å². The molecule has 0 spiro atoms. The first-order valence-corrected chi connectivity index (χ1v) is 22.0. The van der Waals surface area contributed by atoms with E-state index < -0.39 is 0 Å². The molecule has 1 aliphatic heterocycles. The van der Waals surface area contributed by atoms with Crippen molar-refractivity contribution in [1.82, 2.24) is 9.55 Å². The van der Waals surface area contributed by atoms with E-state index in [2.05, 4.69) is 233 Å². The summed E-state index contributed by atoms with van der Waals surface area (Å²) in [5.41, 5.74) is 11.0. The number of benzene rings is 5. The van der Waals surface area contributed by atoms with E-state index in [1.807, 2.05) is 18.3 Å². The molecule has 3 heterocycles. The number of aromatic nitrogens is 2. The predicted octanol–water partition coefficient (Wildman–Crippen LogP) is 15.1. The first-order valence-electron chi connectivity index (χ1n) is 22.0. The van der Waals surface area contributed by atoms with Gasteiger partial charge in [-0.05, 0) is 80.4 Å². The van der Waals surface area contributed by atoms with E-state index in [4.69, 9.17) is 9.72 Å². The molecule has 330 valence electrons. The fourth-order valence-electron chi connectivity index (χ4n) is 8.51. The van der Waals surface area contributed by atoms with Crippen LogP contribution in [0.4, 0.5) is 11.4 Å². The first kappa shape index (κ1) is 45.9. The minimum absolute atomic E-state index is 0. The summed E-state index contributed by atoms with van der Waals surface area (Å²) in [4.78, 5) is 9.54. The molecule has 0 N–H and O–H groups in total. The summed E-state index contributed by atoms with van der Waals surface area (Å²) in [7, 11) is 0. The van der Waals surface area contributed by atoms with Gasteiger partial charge in [0.1, 0.15) is 5.82 Å². The summed E-state index contributed by atoms with van der Waals surface area (Å²) < 4.78 is 9.09. The molecular weight excluding hydrogens is 952 g/mol. The van der Waals surface area contributed by atoms with Gasteiger partial charge in [-0.15, -0.1) is 48.3 Å². The number of hydrogen-bond donors (Lipinski definition) is 0. The van der Waals surface area contributed by atoms with E-state index in [-0.39, 0.29) is 48.1 Å². The Morgan fingerprint density at radius 1 is 0.571 bits per heavy atom. The first-order chi connectivity index (χ1) is 29.0. The second-order valence-corrected chi connectivity index (χ2v) is 21.7. The fraction of sp³-hybridized carbons (Fsp3) is 0.333. The summed E-state index contributed by atoms with van der Waals surface area (Å²) in [6, 6.07) is 46.4. The zero-order valence-electron chi connectivity index (χ0n) is 39.6. The van der Waals surface area contributed by atoms with Crippen LogP contribution in [0.15, 0.2) is 127 Å². The number of hydrogen-bond acceptors (Lipinski definition) is 4. The Morgan fingerprint density at radius 2 is 1.22 bits per heavy atom. The van der Waals surface area contributed by atoms with Gasteiger partial charge in [0.05, 0.1) is 0 Å². The maximum absolute atomic E-state index is 6.84. The van der Waals surface area contributed by atoms with Gasteiger partial charge in [-0.1, -0.05) is 162 Å². The van der Waals surface area contributed by atoms with Crippen LogP contribution in [0.3, 0.4) is 0 Å². The van der Waals surface area contributed by atoms with Crippen molar-refractivity contribution in [2.24, 2.45) is 5.41 Å². The van der Waals surface area contributed by atoms with Crippen molar-refractivity contribution in [3.8, 4) is 17.3 Å². The van der Waals surface area contributed by atoms with Crippen molar-refractivity contribution in [3.63, 3.8) is 0 Å². The van der Waals surface area contributed by atoms with Crippen LogP contribution < -0.4 is 14.5 Å². The van der Waals surface area contributed by atoms with Crippen molar-refractivity contribution >= 4 is 33.2 Å². The monoisotopic (exact) mass is 1010 g/mol. The van der Waals surface area contributed by atoms with E-state index in [1.165, 1.54) is 33.5 Å².